The molecule has 0 spiro atoms. The van der Waals surface area contributed by atoms with Gasteiger partial charge in [-0.3, -0.25) is 10.0 Å². The minimum atomic E-state index is -0.0847. The van der Waals surface area contributed by atoms with Gasteiger partial charge in [-0.25, -0.2) is 0 Å². The molecular formula is C23H35ClN8O2. The van der Waals surface area contributed by atoms with Crippen LogP contribution < -0.4 is 31.9 Å². The lowest BCUT2D eigenvalue weighted by Gasteiger charge is -2.27. The van der Waals surface area contributed by atoms with Crippen LogP contribution in [0.2, 0.25) is 5.02 Å². The number of aromatic hydroxyl groups is 2. The molecule has 0 radical (unpaired) electrons. The van der Waals surface area contributed by atoms with E-state index < -0.39 is 0 Å². The minimum Gasteiger partial charge on any atom is -0.508 e. The standard InChI is InChI=1S/C23H35ClN8O2/c1-12(2)31-20-21(26-11-14-9-19(34)17(24)10-18(14)33)28-23(27-16-7-5-15(25)6-8-16)29-22(20)32(30-31)13(3)4/h9-10,12-13,15-16,30,33-34H,5-8,11,25H2,1-4H3,(H2,26,27,28,29). The maximum atomic E-state index is 10.3. The lowest BCUT2D eigenvalue weighted by atomic mass is 9.92. The van der Waals surface area contributed by atoms with Crippen molar-refractivity contribution in [3.63, 3.8) is 0 Å². The molecule has 0 saturated heterocycles. The molecule has 34 heavy (non-hydrogen) atoms. The van der Waals surface area contributed by atoms with Crippen molar-refractivity contribution in [3.05, 3.63) is 22.7 Å². The molecule has 1 fully saturated rings. The van der Waals surface area contributed by atoms with Gasteiger partial charge >= 0.3 is 0 Å². The molecule has 1 aromatic carbocycles. The van der Waals surface area contributed by atoms with Crippen LogP contribution in [-0.2, 0) is 6.54 Å². The lowest BCUT2D eigenvalue weighted by Crippen LogP contribution is -2.50. The first-order valence-electron chi connectivity index (χ1n) is 11.9. The molecule has 2 aromatic rings. The van der Waals surface area contributed by atoms with E-state index in [1.807, 2.05) is 10.0 Å². The van der Waals surface area contributed by atoms with Crippen molar-refractivity contribution in [1.82, 2.24) is 15.5 Å². The number of nitrogens with zero attached hydrogens (tertiary/aromatic N) is 4. The molecule has 0 unspecified atom stereocenters. The maximum absolute atomic E-state index is 10.3. The number of nitrogens with one attached hydrogen (secondary N) is 3. The van der Waals surface area contributed by atoms with E-state index in [9.17, 15) is 10.2 Å². The Bertz CT molecular complexity index is 1030. The molecule has 2 heterocycles. The predicted molar refractivity (Wildman–Crippen MR) is 136 cm³/mol. The zero-order valence-electron chi connectivity index (χ0n) is 20.1. The molecule has 186 valence electrons. The number of phenolic OH excluding ortho intramolecular Hbond substituents is 2. The van der Waals surface area contributed by atoms with Crippen molar-refractivity contribution >= 4 is 34.9 Å². The van der Waals surface area contributed by atoms with Gasteiger partial charge in [-0.1, -0.05) is 11.6 Å². The Hall–Kier alpha value is -2.69. The Labute approximate surface area is 205 Å². The first-order valence-corrected chi connectivity index (χ1v) is 12.2. The number of aromatic nitrogens is 2. The van der Waals surface area contributed by atoms with Crippen molar-refractivity contribution < 1.29 is 10.2 Å². The summed E-state index contributed by atoms with van der Waals surface area (Å²) >= 11 is 5.91. The third kappa shape index (κ3) is 5.03. The van der Waals surface area contributed by atoms with Gasteiger partial charge in [0.1, 0.15) is 17.2 Å². The van der Waals surface area contributed by atoms with Crippen LogP contribution >= 0.6 is 11.6 Å². The summed E-state index contributed by atoms with van der Waals surface area (Å²) in [7, 11) is 0. The van der Waals surface area contributed by atoms with Gasteiger partial charge in [0.05, 0.1) is 5.02 Å². The second-order valence-corrected chi connectivity index (χ2v) is 10.0. The summed E-state index contributed by atoms with van der Waals surface area (Å²) in [5, 5.41) is 31.3. The number of hydrogen-bond acceptors (Lipinski definition) is 10. The third-order valence-corrected chi connectivity index (χ3v) is 6.59. The van der Waals surface area contributed by atoms with E-state index in [0.717, 1.165) is 37.2 Å². The van der Waals surface area contributed by atoms with Crippen LogP contribution in [0.4, 0.5) is 23.3 Å². The van der Waals surface area contributed by atoms with Gasteiger partial charge in [-0.05, 0) is 59.4 Å². The molecule has 4 rings (SSSR count). The van der Waals surface area contributed by atoms with Gasteiger partial charge in [-0.2, -0.15) is 9.97 Å². The topological polar surface area (TPSA) is 135 Å². The average molecular weight is 491 g/mol. The number of benzene rings is 1. The van der Waals surface area contributed by atoms with Gasteiger partial charge < -0.3 is 26.6 Å². The summed E-state index contributed by atoms with van der Waals surface area (Å²) in [6.45, 7) is 8.61. The van der Waals surface area contributed by atoms with Crippen molar-refractivity contribution in [2.24, 2.45) is 5.73 Å². The van der Waals surface area contributed by atoms with Crippen LogP contribution in [0.5, 0.6) is 11.5 Å². The zero-order valence-corrected chi connectivity index (χ0v) is 20.9. The number of rotatable bonds is 7. The third-order valence-electron chi connectivity index (χ3n) is 6.28. The molecular weight excluding hydrogens is 456 g/mol. The number of hydrogen-bond donors (Lipinski definition) is 6. The molecule has 1 aliphatic heterocycles. The SMILES string of the molecule is CC(C)N1NN(C(C)C)c2c(NCc3cc(O)c(Cl)cc3O)nc(NC3CCC(N)CC3)nc21. The van der Waals surface area contributed by atoms with E-state index in [0.29, 0.717) is 17.3 Å². The molecule has 1 aromatic heterocycles. The number of anilines is 4. The number of halogens is 1. The molecule has 1 saturated carbocycles. The summed E-state index contributed by atoms with van der Waals surface area (Å²) in [4.78, 5) is 9.71. The number of fused-ring (bicyclic) bond motifs is 1. The molecule has 1 aliphatic carbocycles. The highest BCUT2D eigenvalue weighted by atomic mass is 35.5. The van der Waals surface area contributed by atoms with Gasteiger partial charge in [0.15, 0.2) is 11.6 Å². The molecule has 2 aliphatic rings. The second-order valence-electron chi connectivity index (χ2n) is 9.64. The van der Waals surface area contributed by atoms with Crippen molar-refractivity contribution in [2.45, 2.75) is 84.1 Å². The van der Waals surface area contributed by atoms with Gasteiger partial charge in [0, 0.05) is 42.3 Å². The first kappa shape index (κ1) is 24.4. The van der Waals surface area contributed by atoms with Crippen molar-refractivity contribution in [2.75, 3.05) is 20.7 Å². The molecule has 7 N–H and O–H groups in total. The van der Waals surface area contributed by atoms with E-state index in [4.69, 9.17) is 27.3 Å². The molecule has 11 heteroatoms. The average Bonchev–Trinajstić information content (AvgIpc) is 3.17. The molecule has 0 amide bonds. The Morgan fingerprint density at radius 2 is 1.74 bits per heavy atom. The summed E-state index contributed by atoms with van der Waals surface area (Å²) in [5.74, 6) is 1.86. The highest BCUT2D eigenvalue weighted by molar-refractivity contribution is 6.32. The summed E-state index contributed by atoms with van der Waals surface area (Å²) in [6, 6.07) is 3.61. The van der Waals surface area contributed by atoms with Crippen LogP contribution in [-0.4, -0.2) is 44.3 Å². The van der Waals surface area contributed by atoms with E-state index in [1.165, 1.54) is 12.1 Å². The summed E-state index contributed by atoms with van der Waals surface area (Å²) < 4.78 is 0. The largest absolute Gasteiger partial charge is 0.508 e. The minimum absolute atomic E-state index is 0.000502. The van der Waals surface area contributed by atoms with E-state index in [-0.39, 0.29) is 47.2 Å². The quantitative estimate of drug-likeness (QED) is 0.319. The molecule has 10 nitrogen and oxygen atoms in total. The molecule has 0 atom stereocenters. The summed E-state index contributed by atoms with van der Waals surface area (Å²) in [6.07, 6.45) is 3.92. The van der Waals surface area contributed by atoms with Crippen LogP contribution in [0.1, 0.15) is 58.9 Å². The fraction of sp³-hybridized carbons (Fsp3) is 0.565. The van der Waals surface area contributed by atoms with E-state index in [1.54, 1.807) is 0 Å². The zero-order chi connectivity index (χ0) is 24.6. The van der Waals surface area contributed by atoms with Crippen LogP contribution in [0.15, 0.2) is 12.1 Å². The van der Waals surface area contributed by atoms with Crippen LogP contribution in [0, 0.1) is 0 Å². The van der Waals surface area contributed by atoms with E-state index in [2.05, 4.69) is 43.9 Å². The molecule has 0 bridgehead atoms. The monoisotopic (exact) mass is 490 g/mol. The number of nitrogens with two attached hydrogens (primary N) is 1. The van der Waals surface area contributed by atoms with Gasteiger partial charge in [-0.15, -0.1) is 5.53 Å². The van der Waals surface area contributed by atoms with Crippen LogP contribution in [0.25, 0.3) is 0 Å². The Balaban J connectivity index is 1.68. The highest BCUT2D eigenvalue weighted by Gasteiger charge is 2.35. The van der Waals surface area contributed by atoms with Crippen molar-refractivity contribution in [1.29, 1.82) is 0 Å². The lowest BCUT2D eigenvalue weighted by molar-refractivity contribution is 0.410. The van der Waals surface area contributed by atoms with Gasteiger partial charge in [0.2, 0.25) is 5.95 Å². The van der Waals surface area contributed by atoms with Crippen molar-refractivity contribution in [3.8, 4) is 11.5 Å². The first-order chi connectivity index (χ1) is 16.1. The second kappa shape index (κ2) is 9.89. The maximum Gasteiger partial charge on any atom is 0.227 e. The normalized spacial score (nSPS) is 20.2. The highest BCUT2D eigenvalue weighted by Crippen LogP contribution is 2.41. The van der Waals surface area contributed by atoms with E-state index >= 15 is 0 Å². The fourth-order valence-corrected chi connectivity index (χ4v) is 4.49. The number of phenols is 2. The number of hydrazine groups is 2. The smallest absolute Gasteiger partial charge is 0.227 e. The summed E-state index contributed by atoms with van der Waals surface area (Å²) in [5.41, 5.74) is 10.8. The predicted octanol–water partition coefficient (Wildman–Crippen LogP) is 3.70. The van der Waals surface area contributed by atoms with Crippen LogP contribution in [0.3, 0.4) is 0 Å². The Morgan fingerprint density at radius 1 is 1.06 bits per heavy atom. The Kier molecular flexibility index (Phi) is 7.11. The Morgan fingerprint density at radius 3 is 2.38 bits per heavy atom. The fourth-order valence-electron chi connectivity index (χ4n) is 4.33. The van der Waals surface area contributed by atoms with Gasteiger partial charge in [0.25, 0.3) is 0 Å².